The molecule has 0 spiro atoms. The number of halogens is 4. The van der Waals surface area contributed by atoms with Gasteiger partial charge in [0.25, 0.3) is 0 Å². The van der Waals surface area contributed by atoms with E-state index in [1.54, 1.807) is 12.1 Å². The van der Waals surface area contributed by atoms with E-state index in [9.17, 15) is 4.39 Å². The molecule has 0 atom stereocenters. The highest BCUT2D eigenvalue weighted by molar-refractivity contribution is 9.10. The van der Waals surface area contributed by atoms with E-state index in [4.69, 9.17) is 23.2 Å². The van der Waals surface area contributed by atoms with E-state index in [1.807, 2.05) is 19.1 Å². The Hall–Kier alpha value is -1.23. The Balaban J connectivity index is 2.27. The normalized spacial score (nSPS) is 11.1. The average Bonchev–Trinajstić information content (AvgIpc) is 2.40. The maximum Gasteiger partial charge on any atom is 0.161 e. The standard InChI is InChI=1S/C15H8BrCl2FN2/c1-7-2-8(4-9(17)3-7)15-20-13-6-12(19)11(16)5-10(13)14(18)21-15/h2-6H,1H3. The summed E-state index contributed by atoms with van der Waals surface area (Å²) in [6.07, 6.45) is 0. The Morgan fingerprint density at radius 3 is 2.52 bits per heavy atom. The number of fused-ring (bicyclic) bond motifs is 1. The largest absolute Gasteiger partial charge is 0.228 e. The second-order valence-corrected chi connectivity index (χ2v) is 6.29. The molecule has 0 N–H and O–H groups in total. The third-order valence-electron chi connectivity index (χ3n) is 2.99. The average molecular weight is 386 g/mol. The van der Waals surface area contributed by atoms with Crippen molar-refractivity contribution in [1.29, 1.82) is 0 Å². The summed E-state index contributed by atoms with van der Waals surface area (Å²) in [7, 11) is 0. The molecule has 2 aromatic carbocycles. The number of hydrogen-bond donors (Lipinski definition) is 0. The molecule has 106 valence electrons. The predicted molar refractivity (Wildman–Crippen MR) is 87.4 cm³/mol. The lowest BCUT2D eigenvalue weighted by Crippen LogP contribution is -1.94. The van der Waals surface area contributed by atoms with Crippen LogP contribution in [0.5, 0.6) is 0 Å². The summed E-state index contributed by atoms with van der Waals surface area (Å²) in [6, 6.07) is 8.39. The van der Waals surface area contributed by atoms with Gasteiger partial charge >= 0.3 is 0 Å². The van der Waals surface area contributed by atoms with Crippen molar-refractivity contribution in [3.8, 4) is 11.4 Å². The highest BCUT2D eigenvalue weighted by atomic mass is 79.9. The minimum Gasteiger partial charge on any atom is -0.228 e. The number of rotatable bonds is 1. The monoisotopic (exact) mass is 384 g/mol. The summed E-state index contributed by atoms with van der Waals surface area (Å²) in [5, 5.41) is 1.45. The molecule has 0 fully saturated rings. The van der Waals surface area contributed by atoms with Crippen molar-refractivity contribution in [3.05, 3.63) is 56.4 Å². The molecular formula is C15H8BrCl2FN2. The first-order valence-electron chi connectivity index (χ1n) is 6.04. The van der Waals surface area contributed by atoms with Crippen molar-refractivity contribution in [2.75, 3.05) is 0 Å². The number of hydrogen-bond acceptors (Lipinski definition) is 2. The molecule has 3 rings (SSSR count). The second kappa shape index (κ2) is 5.52. The van der Waals surface area contributed by atoms with Crippen molar-refractivity contribution in [1.82, 2.24) is 9.97 Å². The van der Waals surface area contributed by atoms with Crippen LogP contribution in [0.3, 0.4) is 0 Å². The number of aromatic nitrogens is 2. The Kier molecular flexibility index (Phi) is 3.86. The van der Waals surface area contributed by atoms with Crippen molar-refractivity contribution >= 4 is 50.0 Å². The van der Waals surface area contributed by atoms with Crippen LogP contribution in [0.4, 0.5) is 4.39 Å². The topological polar surface area (TPSA) is 25.8 Å². The molecule has 0 aliphatic rings. The minimum absolute atomic E-state index is 0.272. The van der Waals surface area contributed by atoms with Gasteiger partial charge in [-0.05, 0) is 52.7 Å². The molecule has 0 amide bonds. The van der Waals surface area contributed by atoms with Crippen molar-refractivity contribution < 1.29 is 4.39 Å². The van der Waals surface area contributed by atoms with Crippen molar-refractivity contribution in [3.63, 3.8) is 0 Å². The molecule has 0 saturated heterocycles. The van der Waals surface area contributed by atoms with Gasteiger partial charge in [-0.3, -0.25) is 0 Å². The highest BCUT2D eigenvalue weighted by Crippen LogP contribution is 2.30. The Labute approximate surface area is 139 Å². The molecule has 3 aromatic rings. The van der Waals surface area contributed by atoms with E-state index >= 15 is 0 Å². The van der Waals surface area contributed by atoms with E-state index in [0.29, 0.717) is 26.2 Å². The van der Waals surface area contributed by atoms with Crippen LogP contribution < -0.4 is 0 Å². The van der Waals surface area contributed by atoms with Crippen LogP contribution in [0.1, 0.15) is 5.56 Å². The van der Waals surface area contributed by atoms with Gasteiger partial charge in [0.15, 0.2) is 5.82 Å². The lowest BCUT2D eigenvalue weighted by molar-refractivity contribution is 0.623. The molecule has 1 heterocycles. The Morgan fingerprint density at radius 2 is 1.81 bits per heavy atom. The lowest BCUT2D eigenvalue weighted by atomic mass is 10.1. The van der Waals surface area contributed by atoms with Gasteiger partial charge in [0.05, 0.1) is 9.99 Å². The molecule has 0 bridgehead atoms. The molecular weight excluding hydrogens is 378 g/mol. The van der Waals surface area contributed by atoms with Gasteiger partial charge in [0, 0.05) is 22.0 Å². The van der Waals surface area contributed by atoms with E-state index in [2.05, 4.69) is 25.9 Å². The highest BCUT2D eigenvalue weighted by Gasteiger charge is 2.12. The molecule has 0 aliphatic carbocycles. The van der Waals surface area contributed by atoms with E-state index in [1.165, 1.54) is 6.07 Å². The first kappa shape index (κ1) is 14.7. The molecule has 6 heteroatoms. The van der Waals surface area contributed by atoms with Crippen LogP contribution in [0.15, 0.2) is 34.8 Å². The smallest absolute Gasteiger partial charge is 0.161 e. The maximum atomic E-state index is 13.7. The van der Waals surface area contributed by atoms with Crippen LogP contribution in [0.25, 0.3) is 22.3 Å². The van der Waals surface area contributed by atoms with E-state index in [0.717, 1.165) is 11.1 Å². The van der Waals surface area contributed by atoms with Crippen LogP contribution in [0.2, 0.25) is 10.2 Å². The fourth-order valence-electron chi connectivity index (χ4n) is 2.08. The Morgan fingerprint density at radius 1 is 1.05 bits per heavy atom. The zero-order valence-electron chi connectivity index (χ0n) is 10.8. The van der Waals surface area contributed by atoms with Gasteiger partial charge in [0.2, 0.25) is 0 Å². The minimum atomic E-state index is -0.398. The summed E-state index contributed by atoms with van der Waals surface area (Å²) in [5.41, 5.74) is 2.18. The summed E-state index contributed by atoms with van der Waals surface area (Å²) in [5.74, 6) is 0.0188. The third-order valence-corrected chi connectivity index (χ3v) is 4.11. The number of nitrogens with zero attached hydrogens (tertiary/aromatic N) is 2. The van der Waals surface area contributed by atoms with Gasteiger partial charge in [-0.2, -0.15) is 0 Å². The summed E-state index contributed by atoms with van der Waals surface area (Å²) >= 11 is 15.4. The van der Waals surface area contributed by atoms with Gasteiger partial charge in [-0.15, -0.1) is 0 Å². The van der Waals surface area contributed by atoms with Gasteiger partial charge < -0.3 is 0 Å². The first-order chi connectivity index (χ1) is 9.94. The SMILES string of the molecule is Cc1cc(Cl)cc(-c2nc(Cl)c3cc(Br)c(F)cc3n2)c1. The van der Waals surface area contributed by atoms with Gasteiger partial charge in [-0.1, -0.05) is 23.2 Å². The fourth-order valence-corrected chi connectivity index (χ4v) is 2.95. The molecule has 1 aromatic heterocycles. The van der Waals surface area contributed by atoms with E-state index in [-0.39, 0.29) is 5.15 Å². The molecule has 0 aliphatic heterocycles. The number of aryl methyl sites for hydroxylation is 1. The summed E-state index contributed by atoms with van der Waals surface area (Å²) < 4.78 is 14.0. The van der Waals surface area contributed by atoms with Crippen LogP contribution in [0, 0.1) is 12.7 Å². The predicted octanol–water partition coefficient (Wildman–Crippen LogP) is 5.81. The Bertz CT molecular complexity index is 848. The first-order valence-corrected chi connectivity index (χ1v) is 7.59. The van der Waals surface area contributed by atoms with Crippen molar-refractivity contribution in [2.24, 2.45) is 0 Å². The van der Waals surface area contributed by atoms with Crippen LogP contribution in [-0.2, 0) is 0 Å². The van der Waals surface area contributed by atoms with Gasteiger partial charge in [0.1, 0.15) is 11.0 Å². The fraction of sp³-hybridized carbons (Fsp3) is 0.0667. The summed E-state index contributed by atoms with van der Waals surface area (Å²) in [4.78, 5) is 8.65. The summed E-state index contributed by atoms with van der Waals surface area (Å²) in [6.45, 7) is 1.93. The van der Waals surface area contributed by atoms with E-state index < -0.39 is 5.82 Å². The zero-order chi connectivity index (χ0) is 15.1. The van der Waals surface area contributed by atoms with Crippen molar-refractivity contribution in [2.45, 2.75) is 6.92 Å². The van der Waals surface area contributed by atoms with Crippen LogP contribution in [-0.4, -0.2) is 9.97 Å². The lowest BCUT2D eigenvalue weighted by Gasteiger charge is -2.07. The molecule has 0 unspecified atom stereocenters. The second-order valence-electron chi connectivity index (χ2n) is 4.64. The van der Waals surface area contributed by atoms with Gasteiger partial charge in [-0.25, -0.2) is 14.4 Å². The quantitative estimate of drug-likeness (QED) is 0.493. The zero-order valence-corrected chi connectivity index (χ0v) is 13.9. The molecule has 21 heavy (non-hydrogen) atoms. The molecule has 0 saturated carbocycles. The third kappa shape index (κ3) is 2.89. The maximum absolute atomic E-state index is 13.7. The molecule has 2 nitrogen and oxygen atoms in total. The molecule has 0 radical (unpaired) electrons. The number of benzene rings is 2. The van der Waals surface area contributed by atoms with Crippen LogP contribution >= 0.6 is 39.1 Å².